The number of imidazole rings is 2. The molecule has 16 heavy (non-hydrogen) atoms. The summed E-state index contributed by atoms with van der Waals surface area (Å²) in [7, 11) is 1.96. The van der Waals surface area contributed by atoms with Gasteiger partial charge in [-0.15, -0.1) is 0 Å². The van der Waals surface area contributed by atoms with Crippen LogP contribution in [0.1, 0.15) is 0 Å². The number of fused-ring (bicyclic) bond motifs is 1. The van der Waals surface area contributed by atoms with E-state index in [1.807, 2.05) is 40.6 Å². The molecule has 0 saturated heterocycles. The molecule has 0 fully saturated rings. The predicted molar refractivity (Wildman–Crippen MR) is 62.2 cm³/mol. The molecule has 80 valence electrons. The van der Waals surface area contributed by atoms with Crippen molar-refractivity contribution in [1.29, 1.82) is 0 Å². The highest BCUT2D eigenvalue weighted by atomic mass is 15.2. The van der Waals surface area contributed by atoms with Gasteiger partial charge in [0, 0.05) is 19.4 Å². The molecule has 0 aliphatic rings. The van der Waals surface area contributed by atoms with Crippen molar-refractivity contribution in [2.75, 3.05) is 5.73 Å². The molecule has 2 N–H and O–H groups in total. The van der Waals surface area contributed by atoms with Crippen LogP contribution < -0.4 is 5.73 Å². The maximum atomic E-state index is 5.89. The lowest BCUT2D eigenvalue weighted by Crippen LogP contribution is -2.00. The molecule has 3 rings (SSSR count). The number of nitrogens with zero attached hydrogens (tertiary/aromatic N) is 4. The second-order valence-electron chi connectivity index (χ2n) is 3.66. The highest BCUT2D eigenvalue weighted by molar-refractivity contribution is 5.88. The van der Waals surface area contributed by atoms with Gasteiger partial charge in [0.15, 0.2) is 0 Å². The Morgan fingerprint density at radius 2 is 2.19 bits per heavy atom. The Labute approximate surface area is 92.2 Å². The van der Waals surface area contributed by atoms with Gasteiger partial charge in [0.1, 0.15) is 11.8 Å². The number of nitrogen functional groups attached to an aromatic ring is 1. The summed E-state index contributed by atoms with van der Waals surface area (Å²) in [5.41, 5.74) is 8.43. The molecule has 0 aliphatic carbocycles. The molecule has 0 amide bonds. The summed E-state index contributed by atoms with van der Waals surface area (Å²) in [5, 5.41) is 0. The summed E-state index contributed by atoms with van der Waals surface area (Å²) in [4.78, 5) is 8.53. The van der Waals surface area contributed by atoms with Gasteiger partial charge in [-0.25, -0.2) is 9.97 Å². The van der Waals surface area contributed by atoms with E-state index in [1.54, 1.807) is 12.5 Å². The number of hydrogen-bond acceptors (Lipinski definition) is 3. The van der Waals surface area contributed by atoms with Crippen molar-refractivity contribution in [3.63, 3.8) is 0 Å². The number of aromatic nitrogens is 4. The molecule has 0 atom stereocenters. The summed E-state index contributed by atoms with van der Waals surface area (Å²) in [6.45, 7) is 0. The van der Waals surface area contributed by atoms with Gasteiger partial charge < -0.3 is 10.3 Å². The topological polar surface area (TPSA) is 61.7 Å². The zero-order valence-electron chi connectivity index (χ0n) is 8.83. The van der Waals surface area contributed by atoms with Crippen molar-refractivity contribution in [2.45, 2.75) is 0 Å². The van der Waals surface area contributed by atoms with Crippen LogP contribution >= 0.6 is 0 Å². The van der Waals surface area contributed by atoms with Crippen LogP contribution in [0.4, 0.5) is 5.69 Å². The number of rotatable bonds is 1. The summed E-state index contributed by atoms with van der Waals surface area (Å²) in [5.74, 6) is 0.811. The number of aryl methyl sites for hydroxylation is 1. The first-order valence-corrected chi connectivity index (χ1v) is 4.96. The molecule has 0 spiro atoms. The van der Waals surface area contributed by atoms with E-state index in [-0.39, 0.29) is 0 Å². The van der Waals surface area contributed by atoms with Crippen LogP contribution in [0.15, 0.2) is 36.9 Å². The average molecular weight is 213 g/mol. The third-order valence-corrected chi connectivity index (χ3v) is 2.65. The first-order valence-electron chi connectivity index (χ1n) is 4.96. The van der Waals surface area contributed by atoms with Gasteiger partial charge in [0.2, 0.25) is 5.95 Å². The van der Waals surface area contributed by atoms with Crippen LogP contribution in [-0.4, -0.2) is 19.1 Å². The van der Waals surface area contributed by atoms with Gasteiger partial charge in [0.05, 0.1) is 11.2 Å². The monoisotopic (exact) mass is 213 g/mol. The quantitative estimate of drug-likeness (QED) is 0.620. The Balaban J connectivity index is 2.36. The summed E-state index contributed by atoms with van der Waals surface area (Å²) in [6, 6.07) is 5.78. The molecule has 0 unspecified atom stereocenters. The van der Waals surface area contributed by atoms with Crippen molar-refractivity contribution in [3.05, 3.63) is 36.9 Å². The van der Waals surface area contributed by atoms with E-state index in [2.05, 4.69) is 9.97 Å². The van der Waals surface area contributed by atoms with E-state index in [0.717, 1.165) is 17.0 Å². The number of anilines is 1. The molecule has 5 nitrogen and oxygen atoms in total. The van der Waals surface area contributed by atoms with Crippen molar-refractivity contribution < 1.29 is 0 Å². The zero-order chi connectivity index (χ0) is 11.1. The largest absolute Gasteiger partial charge is 0.397 e. The minimum atomic E-state index is 0.694. The molecule has 3 aromatic rings. The van der Waals surface area contributed by atoms with Crippen molar-refractivity contribution in [1.82, 2.24) is 19.1 Å². The fourth-order valence-electron chi connectivity index (χ4n) is 1.83. The Bertz CT molecular complexity index is 636. The van der Waals surface area contributed by atoms with E-state index in [9.17, 15) is 0 Å². The molecule has 1 aromatic carbocycles. The number of hydrogen-bond donors (Lipinski definition) is 1. The van der Waals surface area contributed by atoms with E-state index in [4.69, 9.17) is 5.73 Å². The molecule has 0 radical (unpaired) electrons. The van der Waals surface area contributed by atoms with Crippen LogP contribution in [0.5, 0.6) is 0 Å². The molecule has 2 heterocycles. The van der Waals surface area contributed by atoms with E-state index in [1.165, 1.54) is 0 Å². The molecule has 5 heteroatoms. The summed E-state index contributed by atoms with van der Waals surface area (Å²) < 4.78 is 3.85. The first-order chi connectivity index (χ1) is 7.77. The number of para-hydroxylation sites is 1. The van der Waals surface area contributed by atoms with Crippen LogP contribution in [0.3, 0.4) is 0 Å². The van der Waals surface area contributed by atoms with Crippen molar-refractivity contribution >= 4 is 16.7 Å². The SMILES string of the molecule is Cn1c(-n2ccnc2)nc2c(N)cccc21. The highest BCUT2D eigenvalue weighted by Gasteiger charge is 2.10. The Kier molecular flexibility index (Phi) is 1.73. The summed E-state index contributed by atoms with van der Waals surface area (Å²) in [6.07, 6.45) is 5.30. The third kappa shape index (κ3) is 1.11. The fraction of sp³-hybridized carbons (Fsp3) is 0.0909. The second-order valence-corrected chi connectivity index (χ2v) is 3.66. The maximum absolute atomic E-state index is 5.89. The first kappa shape index (κ1) is 8.96. The fourth-order valence-corrected chi connectivity index (χ4v) is 1.83. The number of nitrogens with two attached hydrogens (primary N) is 1. The normalized spacial score (nSPS) is 11.1. The van der Waals surface area contributed by atoms with E-state index in [0.29, 0.717) is 5.69 Å². The molecule has 0 saturated carbocycles. The standard InChI is InChI=1S/C11H11N5/c1-15-9-4-2-3-8(12)10(9)14-11(15)16-6-5-13-7-16/h2-7H,12H2,1H3. The lowest BCUT2D eigenvalue weighted by atomic mass is 10.3. The van der Waals surface area contributed by atoms with Crippen molar-refractivity contribution in [2.24, 2.45) is 7.05 Å². The smallest absolute Gasteiger partial charge is 0.215 e. The molecule has 0 bridgehead atoms. The Morgan fingerprint density at radius 3 is 2.88 bits per heavy atom. The van der Waals surface area contributed by atoms with Crippen molar-refractivity contribution in [3.8, 4) is 5.95 Å². The van der Waals surface area contributed by atoms with Crippen LogP contribution in [0.2, 0.25) is 0 Å². The molecular formula is C11H11N5. The van der Waals surface area contributed by atoms with Crippen LogP contribution in [-0.2, 0) is 7.05 Å². The molecule has 2 aromatic heterocycles. The second kappa shape index (κ2) is 3.10. The maximum Gasteiger partial charge on any atom is 0.215 e. The lowest BCUT2D eigenvalue weighted by Gasteiger charge is -2.01. The van der Waals surface area contributed by atoms with Gasteiger partial charge >= 0.3 is 0 Å². The molecular weight excluding hydrogens is 202 g/mol. The minimum absolute atomic E-state index is 0.694. The van der Waals surface area contributed by atoms with E-state index < -0.39 is 0 Å². The third-order valence-electron chi connectivity index (χ3n) is 2.65. The van der Waals surface area contributed by atoms with Crippen LogP contribution in [0.25, 0.3) is 17.0 Å². The highest BCUT2D eigenvalue weighted by Crippen LogP contribution is 2.22. The van der Waals surface area contributed by atoms with Gasteiger partial charge in [0.25, 0.3) is 0 Å². The number of benzene rings is 1. The van der Waals surface area contributed by atoms with Crippen LogP contribution in [0, 0.1) is 0 Å². The van der Waals surface area contributed by atoms with Gasteiger partial charge in [-0.1, -0.05) is 6.07 Å². The average Bonchev–Trinajstić information content (AvgIpc) is 2.88. The Hall–Kier alpha value is -2.30. The van der Waals surface area contributed by atoms with Gasteiger partial charge in [-0.05, 0) is 12.1 Å². The Morgan fingerprint density at radius 1 is 1.31 bits per heavy atom. The van der Waals surface area contributed by atoms with Gasteiger partial charge in [-0.3, -0.25) is 4.57 Å². The minimum Gasteiger partial charge on any atom is -0.397 e. The lowest BCUT2D eigenvalue weighted by molar-refractivity contribution is 0.836. The molecule has 0 aliphatic heterocycles. The van der Waals surface area contributed by atoms with Gasteiger partial charge in [-0.2, -0.15) is 0 Å². The van der Waals surface area contributed by atoms with E-state index >= 15 is 0 Å². The zero-order valence-corrected chi connectivity index (χ0v) is 8.83. The summed E-state index contributed by atoms with van der Waals surface area (Å²) >= 11 is 0. The predicted octanol–water partition coefficient (Wildman–Crippen LogP) is 1.34.